The molecule has 0 aliphatic heterocycles. The molecule has 0 saturated carbocycles. The molecule has 27 heavy (non-hydrogen) atoms. The van der Waals surface area contributed by atoms with E-state index in [-0.39, 0.29) is 18.4 Å². The number of hydrogen-bond donors (Lipinski definition) is 2. The topological polar surface area (TPSA) is 85.9 Å². The van der Waals surface area contributed by atoms with E-state index in [1.54, 1.807) is 55.6 Å². The largest absolute Gasteiger partial charge is 0.491 e. The Morgan fingerprint density at radius 2 is 1.70 bits per heavy atom. The third-order valence-electron chi connectivity index (χ3n) is 3.49. The van der Waals surface area contributed by atoms with E-state index >= 15 is 0 Å². The van der Waals surface area contributed by atoms with E-state index in [0.29, 0.717) is 42.5 Å². The number of hydrogen-bond acceptors (Lipinski definition) is 5. The van der Waals surface area contributed by atoms with Crippen LogP contribution >= 0.6 is 0 Å². The Morgan fingerprint density at radius 3 is 2.44 bits per heavy atom. The van der Waals surface area contributed by atoms with Gasteiger partial charge in [-0.2, -0.15) is 0 Å². The molecule has 0 atom stereocenters. The van der Waals surface area contributed by atoms with Crippen molar-refractivity contribution in [1.29, 1.82) is 0 Å². The minimum absolute atomic E-state index is 0.0773. The van der Waals surface area contributed by atoms with E-state index in [1.165, 1.54) is 0 Å². The van der Waals surface area contributed by atoms with Gasteiger partial charge in [0.2, 0.25) is 0 Å². The van der Waals surface area contributed by atoms with Crippen molar-refractivity contribution in [3.63, 3.8) is 0 Å². The van der Waals surface area contributed by atoms with Crippen LogP contribution in [0.5, 0.6) is 11.5 Å². The number of likely N-dealkylation sites (N-methyl/N-ethyl adjacent to an activating group) is 1. The first-order valence-corrected chi connectivity index (χ1v) is 8.65. The highest BCUT2D eigenvalue weighted by Gasteiger charge is 2.09. The van der Waals surface area contributed by atoms with Gasteiger partial charge < -0.3 is 24.8 Å². The Kier molecular flexibility index (Phi) is 8.12. The van der Waals surface area contributed by atoms with Gasteiger partial charge >= 0.3 is 0 Å². The Labute approximate surface area is 158 Å². The van der Waals surface area contributed by atoms with Gasteiger partial charge in [-0.1, -0.05) is 12.1 Å². The predicted molar refractivity (Wildman–Crippen MR) is 102 cm³/mol. The molecule has 2 amide bonds. The van der Waals surface area contributed by atoms with Crippen molar-refractivity contribution >= 4 is 17.5 Å². The number of ether oxygens (including phenoxy) is 3. The summed E-state index contributed by atoms with van der Waals surface area (Å²) in [5, 5.41) is 5.46. The van der Waals surface area contributed by atoms with Crippen LogP contribution in [0.25, 0.3) is 0 Å². The van der Waals surface area contributed by atoms with Crippen molar-refractivity contribution in [3.05, 3.63) is 54.1 Å². The zero-order chi connectivity index (χ0) is 19.5. The Hall–Kier alpha value is -3.06. The number of nitrogens with one attached hydrogen (secondary N) is 2. The molecular weight excluding hydrogens is 348 g/mol. The lowest BCUT2D eigenvalue weighted by molar-refractivity contribution is -0.122. The Bertz CT molecular complexity index is 764. The van der Waals surface area contributed by atoms with Crippen molar-refractivity contribution in [3.8, 4) is 11.5 Å². The second-order valence-electron chi connectivity index (χ2n) is 5.59. The van der Waals surface area contributed by atoms with Crippen LogP contribution in [0.1, 0.15) is 17.3 Å². The molecule has 0 radical (unpaired) electrons. The third-order valence-corrected chi connectivity index (χ3v) is 3.49. The molecule has 0 fully saturated rings. The lowest BCUT2D eigenvalue weighted by Crippen LogP contribution is -2.28. The molecule has 0 aliphatic rings. The van der Waals surface area contributed by atoms with Crippen molar-refractivity contribution in [2.75, 3.05) is 38.8 Å². The highest BCUT2D eigenvalue weighted by molar-refractivity contribution is 6.04. The fourth-order valence-corrected chi connectivity index (χ4v) is 2.23. The highest BCUT2D eigenvalue weighted by Crippen LogP contribution is 2.19. The molecule has 0 spiro atoms. The molecule has 0 aliphatic carbocycles. The summed E-state index contributed by atoms with van der Waals surface area (Å²) < 4.78 is 15.9. The minimum Gasteiger partial charge on any atom is -0.491 e. The van der Waals surface area contributed by atoms with Gasteiger partial charge in [0.1, 0.15) is 18.1 Å². The van der Waals surface area contributed by atoms with Crippen LogP contribution in [0.15, 0.2) is 48.5 Å². The maximum Gasteiger partial charge on any atom is 0.257 e. The number of amides is 2. The SMILES string of the molecule is CCNC(=O)COc1cccc(NC(=O)c2cccc(OCCOC)c2)c1. The predicted octanol–water partition coefficient (Wildman–Crippen LogP) is 2.48. The first kappa shape index (κ1) is 20.3. The van der Waals surface area contributed by atoms with Crippen molar-refractivity contribution in [2.24, 2.45) is 0 Å². The molecule has 144 valence electrons. The van der Waals surface area contributed by atoms with Gasteiger partial charge in [-0.25, -0.2) is 0 Å². The minimum atomic E-state index is -0.270. The van der Waals surface area contributed by atoms with Gasteiger partial charge in [0, 0.05) is 31.0 Å². The van der Waals surface area contributed by atoms with Crippen LogP contribution in [-0.4, -0.2) is 45.3 Å². The summed E-state index contributed by atoms with van der Waals surface area (Å²) in [5.41, 5.74) is 1.04. The quantitative estimate of drug-likeness (QED) is 0.626. The van der Waals surface area contributed by atoms with Gasteiger partial charge in [-0.3, -0.25) is 9.59 Å². The summed E-state index contributed by atoms with van der Waals surface area (Å²) in [6.45, 7) is 3.19. The van der Waals surface area contributed by atoms with Gasteiger partial charge in [-0.15, -0.1) is 0 Å². The van der Waals surface area contributed by atoms with Crippen LogP contribution in [0.3, 0.4) is 0 Å². The molecule has 0 bridgehead atoms. The average molecular weight is 372 g/mol. The molecule has 2 aromatic rings. The van der Waals surface area contributed by atoms with Crippen LogP contribution in [0.4, 0.5) is 5.69 Å². The van der Waals surface area contributed by atoms with Crippen LogP contribution in [0, 0.1) is 0 Å². The Balaban J connectivity index is 1.96. The number of anilines is 1. The monoisotopic (exact) mass is 372 g/mol. The lowest BCUT2D eigenvalue weighted by atomic mass is 10.2. The number of benzene rings is 2. The van der Waals surface area contributed by atoms with Gasteiger partial charge in [-0.05, 0) is 37.3 Å². The van der Waals surface area contributed by atoms with Crippen LogP contribution in [-0.2, 0) is 9.53 Å². The van der Waals surface area contributed by atoms with Gasteiger partial charge in [0.25, 0.3) is 11.8 Å². The second-order valence-corrected chi connectivity index (χ2v) is 5.59. The molecule has 2 N–H and O–H groups in total. The Morgan fingerprint density at radius 1 is 0.963 bits per heavy atom. The van der Waals surface area contributed by atoms with Gasteiger partial charge in [0.05, 0.1) is 6.61 Å². The van der Waals surface area contributed by atoms with Crippen LogP contribution in [0.2, 0.25) is 0 Å². The van der Waals surface area contributed by atoms with E-state index in [9.17, 15) is 9.59 Å². The van der Waals surface area contributed by atoms with E-state index in [4.69, 9.17) is 14.2 Å². The summed E-state index contributed by atoms with van der Waals surface area (Å²) >= 11 is 0. The molecule has 7 nitrogen and oxygen atoms in total. The number of rotatable bonds is 10. The molecule has 7 heteroatoms. The molecule has 0 heterocycles. The standard InChI is InChI=1S/C20H24N2O5/c1-3-21-19(23)14-27-18-9-5-7-16(13-18)22-20(24)15-6-4-8-17(12-15)26-11-10-25-2/h4-9,12-13H,3,10-11,14H2,1-2H3,(H,21,23)(H,22,24). The highest BCUT2D eigenvalue weighted by atomic mass is 16.5. The first-order valence-electron chi connectivity index (χ1n) is 8.65. The average Bonchev–Trinajstić information content (AvgIpc) is 2.67. The van der Waals surface area contributed by atoms with E-state index in [1.807, 2.05) is 6.92 Å². The first-order chi connectivity index (χ1) is 13.1. The summed E-state index contributed by atoms with van der Waals surface area (Å²) in [7, 11) is 1.60. The van der Waals surface area contributed by atoms with Crippen molar-refractivity contribution < 1.29 is 23.8 Å². The zero-order valence-electron chi connectivity index (χ0n) is 15.5. The molecular formula is C20H24N2O5. The number of methoxy groups -OCH3 is 1. The van der Waals surface area contributed by atoms with E-state index in [0.717, 1.165) is 0 Å². The summed E-state index contributed by atoms with van der Waals surface area (Å²) in [6, 6.07) is 13.8. The lowest BCUT2D eigenvalue weighted by Gasteiger charge is -2.10. The van der Waals surface area contributed by atoms with Crippen molar-refractivity contribution in [1.82, 2.24) is 5.32 Å². The molecule has 0 saturated heterocycles. The van der Waals surface area contributed by atoms with Crippen LogP contribution < -0.4 is 20.1 Å². The number of carbonyl (C=O) groups excluding carboxylic acids is 2. The summed E-state index contributed by atoms with van der Waals surface area (Å²) in [5.74, 6) is 0.625. The van der Waals surface area contributed by atoms with E-state index in [2.05, 4.69) is 10.6 Å². The second kappa shape index (κ2) is 10.8. The number of carbonyl (C=O) groups is 2. The maximum atomic E-state index is 12.5. The van der Waals surface area contributed by atoms with E-state index < -0.39 is 0 Å². The van der Waals surface area contributed by atoms with Crippen molar-refractivity contribution in [2.45, 2.75) is 6.92 Å². The fourth-order valence-electron chi connectivity index (χ4n) is 2.23. The maximum absolute atomic E-state index is 12.5. The zero-order valence-corrected chi connectivity index (χ0v) is 15.5. The molecule has 2 rings (SSSR count). The normalized spacial score (nSPS) is 10.1. The smallest absolute Gasteiger partial charge is 0.257 e. The molecule has 0 unspecified atom stereocenters. The molecule has 2 aromatic carbocycles. The molecule has 0 aromatic heterocycles. The summed E-state index contributed by atoms with van der Waals surface area (Å²) in [6.07, 6.45) is 0. The third kappa shape index (κ3) is 6.99. The van der Waals surface area contributed by atoms with Gasteiger partial charge in [0.15, 0.2) is 6.61 Å². The fraction of sp³-hybridized carbons (Fsp3) is 0.300. The summed E-state index contributed by atoms with van der Waals surface area (Å²) in [4.78, 5) is 23.9.